The summed E-state index contributed by atoms with van der Waals surface area (Å²) < 4.78 is 66.9. The molecule has 0 aliphatic carbocycles. The highest BCUT2D eigenvalue weighted by Crippen LogP contribution is 2.37. The van der Waals surface area contributed by atoms with Crippen molar-refractivity contribution in [3.05, 3.63) is 81.5 Å². The molecule has 0 unspecified atom stereocenters. The normalized spacial score (nSPS) is 12.1. The number of benzene rings is 2. The highest BCUT2D eigenvalue weighted by Gasteiger charge is 2.35. The van der Waals surface area contributed by atoms with Crippen LogP contribution in [-0.2, 0) is 21.0 Å². The van der Waals surface area contributed by atoms with E-state index in [0.717, 1.165) is 17.0 Å². The number of nitrogens with one attached hydrogen (secondary N) is 1. The summed E-state index contributed by atoms with van der Waals surface area (Å²) in [5.74, 6) is -0.846. The first-order valence-electron chi connectivity index (χ1n) is 8.89. The fourth-order valence-electron chi connectivity index (χ4n) is 2.62. The maximum Gasteiger partial charge on any atom is 0.417 e. The second kappa shape index (κ2) is 9.72. The van der Waals surface area contributed by atoms with Crippen LogP contribution in [0.4, 0.5) is 18.9 Å². The number of hydrogen-bond donors (Lipinski definition) is 1. The van der Waals surface area contributed by atoms with Crippen LogP contribution in [0.3, 0.4) is 0 Å². The third-order valence-electron chi connectivity index (χ3n) is 4.09. The molecule has 3 aromatic rings. The number of hydrazone groups is 1. The molecule has 168 valence electrons. The fraction of sp³-hybridized carbons (Fsp3) is 0.100. The average Bonchev–Trinajstić information content (AvgIpc) is 3.26. The zero-order chi connectivity index (χ0) is 23.4. The zero-order valence-corrected chi connectivity index (χ0v) is 18.5. The fourth-order valence-corrected chi connectivity index (χ4v) is 4.86. The van der Waals surface area contributed by atoms with Gasteiger partial charge in [0, 0.05) is 4.88 Å². The molecule has 0 fully saturated rings. The Labute approximate surface area is 191 Å². The molecule has 0 saturated heterocycles. The Morgan fingerprint density at radius 1 is 1.12 bits per heavy atom. The second-order valence-corrected chi connectivity index (χ2v) is 9.54. The van der Waals surface area contributed by atoms with Crippen molar-refractivity contribution in [2.45, 2.75) is 11.1 Å². The third kappa shape index (κ3) is 5.67. The van der Waals surface area contributed by atoms with Crippen LogP contribution in [0.25, 0.3) is 0 Å². The average molecular weight is 502 g/mol. The number of sulfonamides is 1. The summed E-state index contributed by atoms with van der Waals surface area (Å²) in [7, 11) is -4.38. The van der Waals surface area contributed by atoms with Gasteiger partial charge in [-0.15, -0.1) is 11.3 Å². The number of alkyl halides is 3. The van der Waals surface area contributed by atoms with Crippen LogP contribution < -0.4 is 9.73 Å². The largest absolute Gasteiger partial charge is 0.417 e. The lowest BCUT2D eigenvalue weighted by Crippen LogP contribution is -2.39. The number of anilines is 1. The van der Waals surface area contributed by atoms with E-state index >= 15 is 0 Å². The Morgan fingerprint density at radius 3 is 2.47 bits per heavy atom. The molecular weight excluding hydrogens is 487 g/mol. The molecule has 3 rings (SSSR count). The van der Waals surface area contributed by atoms with E-state index in [-0.39, 0.29) is 10.6 Å². The molecule has 0 saturated carbocycles. The molecule has 6 nitrogen and oxygen atoms in total. The molecule has 32 heavy (non-hydrogen) atoms. The Hall–Kier alpha value is -2.89. The molecule has 0 bridgehead atoms. The summed E-state index contributed by atoms with van der Waals surface area (Å²) in [4.78, 5) is 13.0. The molecule has 0 spiro atoms. The van der Waals surface area contributed by atoms with Crippen molar-refractivity contribution in [2.75, 3.05) is 10.8 Å². The number of halogens is 4. The van der Waals surface area contributed by atoms with Crippen molar-refractivity contribution in [1.29, 1.82) is 0 Å². The minimum atomic E-state index is -4.82. The third-order valence-corrected chi connectivity index (χ3v) is 7.01. The van der Waals surface area contributed by atoms with Gasteiger partial charge in [0.15, 0.2) is 0 Å². The Morgan fingerprint density at radius 2 is 1.84 bits per heavy atom. The summed E-state index contributed by atoms with van der Waals surface area (Å²) in [5, 5.41) is 4.96. The van der Waals surface area contributed by atoms with E-state index in [9.17, 15) is 26.4 Å². The van der Waals surface area contributed by atoms with Gasteiger partial charge in [0.1, 0.15) is 6.54 Å². The minimum absolute atomic E-state index is 0.196. The van der Waals surface area contributed by atoms with Crippen LogP contribution in [0.15, 0.2) is 76.0 Å². The highest BCUT2D eigenvalue weighted by molar-refractivity contribution is 7.92. The van der Waals surface area contributed by atoms with E-state index in [1.165, 1.54) is 41.8 Å². The number of rotatable bonds is 7. The van der Waals surface area contributed by atoms with E-state index in [2.05, 4.69) is 10.5 Å². The molecule has 2 aromatic carbocycles. The van der Waals surface area contributed by atoms with Gasteiger partial charge in [0.2, 0.25) is 0 Å². The first-order valence-corrected chi connectivity index (χ1v) is 11.6. The van der Waals surface area contributed by atoms with Gasteiger partial charge in [-0.05, 0) is 41.8 Å². The van der Waals surface area contributed by atoms with Gasteiger partial charge >= 0.3 is 6.18 Å². The van der Waals surface area contributed by atoms with E-state index < -0.39 is 39.2 Å². The van der Waals surface area contributed by atoms with Crippen molar-refractivity contribution < 1.29 is 26.4 Å². The van der Waals surface area contributed by atoms with Gasteiger partial charge in [0.05, 0.1) is 27.4 Å². The van der Waals surface area contributed by atoms with Crippen molar-refractivity contribution >= 4 is 50.8 Å². The number of carbonyl (C=O) groups excluding carboxylic acids is 1. The quantitative estimate of drug-likeness (QED) is 0.374. The Balaban J connectivity index is 1.96. The predicted octanol–water partition coefficient (Wildman–Crippen LogP) is 4.77. The van der Waals surface area contributed by atoms with Crippen LogP contribution >= 0.6 is 22.9 Å². The van der Waals surface area contributed by atoms with E-state index in [4.69, 9.17) is 11.6 Å². The number of thiophene rings is 1. The van der Waals surface area contributed by atoms with Gasteiger partial charge in [0.25, 0.3) is 15.9 Å². The molecule has 1 aromatic heterocycles. The van der Waals surface area contributed by atoms with Gasteiger partial charge in [-0.2, -0.15) is 18.3 Å². The van der Waals surface area contributed by atoms with Crippen molar-refractivity contribution in [3.8, 4) is 0 Å². The van der Waals surface area contributed by atoms with Gasteiger partial charge < -0.3 is 0 Å². The summed E-state index contributed by atoms with van der Waals surface area (Å²) in [6.45, 7) is -0.808. The summed E-state index contributed by atoms with van der Waals surface area (Å²) in [5.41, 5.74) is 0.590. The Bertz CT molecular complexity index is 1220. The zero-order valence-electron chi connectivity index (χ0n) is 16.1. The van der Waals surface area contributed by atoms with E-state index in [1.807, 2.05) is 0 Å². The van der Waals surface area contributed by atoms with Crippen LogP contribution in [0.1, 0.15) is 10.4 Å². The standard InChI is InChI=1S/C20H15ClF3N3O3S2/c21-18-9-8-14(11-17(18)20(22,23)24)27(32(29,30)16-6-2-1-3-7-16)13-19(28)26-25-12-15-5-4-10-31-15/h1-12H,13H2,(H,26,28). The molecule has 0 aliphatic heterocycles. The summed E-state index contributed by atoms with van der Waals surface area (Å²) >= 11 is 7.02. The first kappa shape index (κ1) is 23.8. The Kier molecular flexibility index (Phi) is 7.22. The minimum Gasteiger partial charge on any atom is -0.271 e. The molecule has 12 heteroatoms. The van der Waals surface area contributed by atoms with Gasteiger partial charge in [-0.3, -0.25) is 9.10 Å². The van der Waals surface area contributed by atoms with Crippen molar-refractivity contribution in [3.63, 3.8) is 0 Å². The van der Waals surface area contributed by atoms with Crippen LogP contribution in [-0.4, -0.2) is 27.1 Å². The number of carbonyl (C=O) groups is 1. The SMILES string of the molecule is O=C(CN(c1ccc(Cl)c(C(F)(F)F)c1)S(=O)(=O)c1ccccc1)NN=Cc1cccs1. The highest BCUT2D eigenvalue weighted by atomic mass is 35.5. The first-order chi connectivity index (χ1) is 15.1. The maximum atomic E-state index is 13.3. The summed E-state index contributed by atoms with van der Waals surface area (Å²) in [6.07, 6.45) is -3.45. The number of hydrogen-bond acceptors (Lipinski definition) is 5. The lowest BCUT2D eigenvalue weighted by Gasteiger charge is -2.24. The van der Waals surface area contributed by atoms with E-state index in [1.54, 1.807) is 23.6 Å². The number of nitrogens with zero attached hydrogens (tertiary/aromatic N) is 2. The lowest BCUT2D eigenvalue weighted by molar-refractivity contribution is -0.137. The maximum absolute atomic E-state index is 13.3. The molecule has 1 amide bonds. The lowest BCUT2D eigenvalue weighted by atomic mass is 10.2. The van der Waals surface area contributed by atoms with Crippen LogP contribution in [0.2, 0.25) is 5.02 Å². The molecule has 1 N–H and O–H groups in total. The molecule has 0 radical (unpaired) electrons. The molecule has 1 heterocycles. The molecule has 0 aliphatic rings. The summed E-state index contributed by atoms with van der Waals surface area (Å²) in [6, 6.07) is 13.2. The van der Waals surface area contributed by atoms with Gasteiger partial charge in [-0.25, -0.2) is 13.8 Å². The smallest absolute Gasteiger partial charge is 0.271 e. The van der Waals surface area contributed by atoms with Gasteiger partial charge in [-0.1, -0.05) is 35.9 Å². The molecular formula is C20H15ClF3N3O3S2. The predicted molar refractivity (Wildman–Crippen MR) is 117 cm³/mol. The van der Waals surface area contributed by atoms with E-state index in [0.29, 0.717) is 10.4 Å². The topological polar surface area (TPSA) is 78.8 Å². The second-order valence-electron chi connectivity index (χ2n) is 6.30. The van der Waals surface area contributed by atoms with Crippen molar-refractivity contribution in [1.82, 2.24) is 5.43 Å². The monoisotopic (exact) mass is 501 g/mol. The van der Waals surface area contributed by atoms with Crippen LogP contribution in [0, 0.1) is 0 Å². The number of amides is 1. The van der Waals surface area contributed by atoms with Crippen LogP contribution in [0.5, 0.6) is 0 Å². The van der Waals surface area contributed by atoms with Crippen molar-refractivity contribution in [2.24, 2.45) is 5.10 Å². The molecule has 0 atom stereocenters.